The molecule has 0 aliphatic carbocycles. The van der Waals surface area contributed by atoms with E-state index in [0.717, 1.165) is 0 Å². The molecule has 2 aromatic rings. The van der Waals surface area contributed by atoms with Crippen LogP contribution in [0.15, 0.2) is 78.9 Å². The van der Waals surface area contributed by atoms with Crippen LogP contribution in [0.3, 0.4) is 0 Å². The summed E-state index contributed by atoms with van der Waals surface area (Å²) in [6.45, 7) is 8.10. The summed E-state index contributed by atoms with van der Waals surface area (Å²) in [4.78, 5) is 51.8. The zero-order chi connectivity index (χ0) is 28.9. The quantitative estimate of drug-likeness (QED) is 0.109. The van der Waals surface area contributed by atoms with Crippen LogP contribution in [0.1, 0.15) is 42.3 Å². The largest absolute Gasteiger partial charge is 0.460 e. The maximum Gasteiger partial charge on any atom is 0.417 e. The van der Waals surface area contributed by atoms with E-state index in [9.17, 15) is 19.2 Å². The van der Waals surface area contributed by atoms with Crippen LogP contribution in [0, 0.1) is 5.41 Å². The molecule has 204 valence electrons. The number of amides is 2. The van der Waals surface area contributed by atoms with Crippen molar-refractivity contribution in [2.24, 2.45) is 5.73 Å². The van der Waals surface area contributed by atoms with Gasteiger partial charge in [0, 0.05) is 11.1 Å². The molecule has 0 fully saturated rings. The Morgan fingerprint density at radius 1 is 1.03 bits per heavy atom. The van der Waals surface area contributed by atoms with Crippen molar-refractivity contribution in [1.29, 1.82) is 5.41 Å². The number of benzene rings is 2. The van der Waals surface area contributed by atoms with Crippen LogP contribution < -0.4 is 10.5 Å². The lowest BCUT2D eigenvalue weighted by molar-refractivity contribution is -0.149. The fourth-order valence-electron chi connectivity index (χ4n) is 3.28. The number of hydrogen-bond acceptors (Lipinski definition) is 8. The molecule has 3 N–H and O–H groups in total. The third kappa shape index (κ3) is 8.53. The van der Waals surface area contributed by atoms with Gasteiger partial charge in [-0.3, -0.25) is 10.2 Å². The smallest absolute Gasteiger partial charge is 0.417 e. The molecule has 0 aromatic heterocycles. The van der Waals surface area contributed by atoms with E-state index >= 15 is 0 Å². The first kappa shape index (κ1) is 30.2. The van der Waals surface area contributed by atoms with Gasteiger partial charge in [-0.05, 0) is 68.8 Å². The second-order valence-corrected chi connectivity index (χ2v) is 8.04. The van der Waals surface area contributed by atoms with E-state index in [0.29, 0.717) is 16.0 Å². The van der Waals surface area contributed by atoms with Gasteiger partial charge in [0.25, 0.3) is 5.91 Å². The monoisotopic (exact) mass is 533 g/mol. The second kappa shape index (κ2) is 14.7. The van der Waals surface area contributed by atoms with Crippen LogP contribution in [-0.2, 0) is 19.1 Å². The number of carbonyl (C=O) groups is 4. The molecule has 0 heterocycles. The van der Waals surface area contributed by atoms with E-state index in [1.54, 1.807) is 38.1 Å². The van der Waals surface area contributed by atoms with Crippen molar-refractivity contribution in [3.63, 3.8) is 0 Å². The number of imide groups is 1. The number of ether oxygens (including phenoxy) is 3. The van der Waals surface area contributed by atoms with Crippen molar-refractivity contribution in [2.75, 3.05) is 13.2 Å². The van der Waals surface area contributed by atoms with E-state index in [-0.39, 0.29) is 35.9 Å². The van der Waals surface area contributed by atoms with Gasteiger partial charge in [-0.25, -0.2) is 19.3 Å². The van der Waals surface area contributed by atoms with Crippen molar-refractivity contribution in [3.05, 3.63) is 95.6 Å². The molecule has 0 radical (unpaired) electrons. The lowest BCUT2D eigenvalue weighted by Crippen LogP contribution is -2.49. The van der Waals surface area contributed by atoms with Gasteiger partial charge in [0.05, 0.1) is 12.2 Å². The maximum absolute atomic E-state index is 13.3. The number of esters is 2. The van der Waals surface area contributed by atoms with Gasteiger partial charge in [0.1, 0.15) is 18.2 Å². The number of amidine groups is 1. The summed E-state index contributed by atoms with van der Waals surface area (Å²) >= 11 is 0. The number of nitrogens with zero attached hydrogens (tertiary/aromatic N) is 1. The van der Waals surface area contributed by atoms with E-state index in [1.807, 2.05) is 0 Å². The zero-order valence-corrected chi connectivity index (χ0v) is 22.0. The van der Waals surface area contributed by atoms with Crippen molar-refractivity contribution >= 4 is 35.9 Å². The molecule has 10 heteroatoms. The van der Waals surface area contributed by atoms with Gasteiger partial charge < -0.3 is 19.9 Å². The molecule has 10 nitrogen and oxygen atoms in total. The Morgan fingerprint density at radius 3 is 2.18 bits per heavy atom. The Balaban J connectivity index is 2.24. The predicted molar refractivity (Wildman–Crippen MR) is 146 cm³/mol. The molecule has 2 amide bonds. The Labute approximate surface area is 226 Å². The van der Waals surface area contributed by atoms with E-state index in [1.165, 1.54) is 55.5 Å². The molecule has 1 unspecified atom stereocenters. The fraction of sp³-hybridized carbons (Fsp3) is 0.207. The molecule has 0 spiro atoms. The zero-order valence-electron chi connectivity index (χ0n) is 22.0. The number of allylic oxidation sites excluding steroid dienone is 1. The highest BCUT2D eigenvalue weighted by atomic mass is 16.6. The molecular formula is C29H31N3O7. The maximum atomic E-state index is 13.3. The number of hydrogen-bond donors (Lipinski definition) is 2. The van der Waals surface area contributed by atoms with Crippen LogP contribution in [0.2, 0.25) is 0 Å². The first-order chi connectivity index (χ1) is 18.6. The van der Waals surface area contributed by atoms with Gasteiger partial charge in [0.2, 0.25) is 0 Å². The molecular weight excluding hydrogens is 502 g/mol. The van der Waals surface area contributed by atoms with Crippen LogP contribution in [0.4, 0.5) is 4.79 Å². The van der Waals surface area contributed by atoms with Crippen LogP contribution in [-0.4, -0.2) is 53.9 Å². The van der Waals surface area contributed by atoms with E-state index in [2.05, 4.69) is 6.58 Å². The minimum atomic E-state index is -1.34. The van der Waals surface area contributed by atoms with Crippen LogP contribution in [0.25, 0.3) is 6.08 Å². The summed E-state index contributed by atoms with van der Waals surface area (Å²) in [5.41, 5.74) is 6.88. The van der Waals surface area contributed by atoms with Gasteiger partial charge >= 0.3 is 18.0 Å². The normalized spacial score (nSPS) is 11.8. The highest BCUT2D eigenvalue weighted by Gasteiger charge is 2.35. The second-order valence-electron chi connectivity index (χ2n) is 8.04. The predicted octanol–water partition coefficient (Wildman–Crippen LogP) is 4.25. The van der Waals surface area contributed by atoms with Gasteiger partial charge in [-0.1, -0.05) is 36.9 Å². The average Bonchev–Trinajstić information content (AvgIpc) is 2.92. The standard InChI is InChI=1S/C29H31N3O7/c1-5-8-24(28(35)38-17-6-2)32(29(36)37-7-3)26(33)19(4)18-20-9-11-22(12-10-20)27(34)39-23-15-13-21(14-16-23)25(30)31/h5-6,8-16,18,24H,2,7,17H2,1,3-4H3,(H3,30,31). The van der Waals surface area contributed by atoms with E-state index in [4.69, 9.17) is 25.4 Å². The molecule has 0 aliphatic heterocycles. The Bertz CT molecular complexity index is 1280. The van der Waals surface area contributed by atoms with Crippen LogP contribution in [0.5, 0.6) is 5.75 Å². The summed E-state index contributed by atoms with van der Waals surface area (Å²) in [6.07, 6.45) is 4.76. The molecule has 39 heavy (non-hydrogen) atoms. The summed E-state index contributed by atoms with van der Waals surface area (Å²) in [7, 11) is 0. The Morgan fingerprint density at radius 2 is 1.64 bits per heavy atom. The molecule has 2 aromatic carbocycles. The average molecular weight is 534 g/mol. The number of nitrogen functional groups attached to an aromatic ring is 1. The van der Waals surface area contributed by atoms with Gasteiger partial charge in [-0.15, -0.1) is 0 Å². The third-order valence-electron chi connectivity index (χ3n) is 5.16. The highest BCUT2D eigenvalue weighted by Crippen LogP contribution is 2.18. The number of nitrogens with one attached hydrogen (secondary N) is 1. The Kier molecular flexibility index (Phi) is 11.4. The van der Waals surface area contributed by atoms with E-state index < -0.39 is 30.0 Å². The van der Waals surface area contributed by atoms with Crippen LogP contribution >= 0.6 is 0 Å². The highest BCUT2D eigenvalue weighted by molar-refractivity contribution is 6.07. The Hall–Kier alpha value is -4.99. The SMILES string of the molecule is C=CCOC(=O)C(C=CC)N(C(=O)OCC)C(=O)C(C)=Cc1ccc(C(=O)Oc2ccc(C(=N)N)cc2)cc1. The number of nitrogens with two attached hydrogens (primary N) is 1. The molecule has 0 saturated heterocycles. The van der Waals surface area contributed by atoms with Crippen molar-refractivity contribution in [3.8, 4) is 5.75 Å². The van der Waals surface area contributed by atoms with Gasteiger partial charge in [0.15, 0.2) is 6.04 Å². The summed E-state index contributed by atoms with van der Waals surface area (Å²) in [5.74, 6) is -1.99. The topological polar surface area (TPSA) is 149 Å². The molecule has 0 aliphatic rings. The van der Waals surface area contributed by atoms with Crippen molar-refractivity contribution in [2.45, 2.75) is 26.8 Å². The number of carbonyl (C=O) groups excluding carboxylic acids is 4. The van der Waals surface area contributed by atoms with Gasteiger partial charge in [-0.2, -0.15) is 0 Å². The number of rotatable bonds is 11. The lowest BCUT2D eigenvalue weighted by Gasteiger charge is -2.26. The molecule has 2 rings (SSSR count). The summed E-state index contributed by atoms with van der Waals surface area (Å²) in [5, 5.41) is 7.41. The lowest BCUT2D eigenvalue weighted by atomic mass is 10.1. The first-order valence-electron chi connectivity index (χ1n) is 12.0. The summed E-state index contributed by atoms with van der Waals surface area (Å²) in [6, 6.07) is 11.1. The summed E-state index contributed by atoms with van der Waals surface area (Å²) < 4.78 is 15.4. The molecule has 0 saturated carbocycles. The fourth-order valence-corrected chi connectivity index (χ4v) is 3.28. The first-order valence-corrected chi connectivity index (χ1v) is 12.0. The van der Waals surface area contributed by atoms with Crippen molar-refractivity contribution < 1.29 is 33.4 Å². The molecule has 1 atom stereocenters. The third-order valence-corrected chi connectivity index (χ3v) is 5.16. The minimum absolute atomic E-state index is 0.00588. The molecule has 0 bridgehead atoms. The minimum Gasteiger partial charge on any atom is -0.460 e. The van der Waals surface area contributed by atoms with Crippen molar-refractivity contribution in [1.82, 2.24) is 4.90 Å².